The molecule has 1 N–H and O–H groups in total. The first-order valence-corrected chi connectivity index (χ1v) is 7.33. The Balaban J connectivity index is 1.74. The van der Waals surface area contributed by atoms with E-state index in [1.807, 2.05) is 6.92 Å². The quantitative estimate of drug-likeness (QED) is 0.667. The number of carbonyl (C=O) groups is 1. The summed E-state index contributed by atoms with van der Waals surface area (Å²) in [4.78, 5) is 14.3. The maximum absolute atomic E-state index is 11.9. The second-order valence-corrected chi connectivity index (χ2v) is 5.60. The number of nitrogens with one attached hydrogen (secondary N) is 1. The molecule has 2 saturated carbocycles. The highest BCUT2D eigenvalue weighted by atomic mass is 16.5. The average Bonchev–Trinajstić information content (AvgIpc) is 3.05. The summed E-state index contributed by atoms with van der Waals surface area (Å²) in [6, 6.07) is 1.18. The molecule has 0 aromatic heterocycles. The van der Waals surface area contributed by atoms with E-state index in [1.54, 1.807) is 0 Å². The molecule has 0 aromatic carbocycles. The number of ether oxygens (including phenoxy) is 1. The fourth-order valence-corrected chi connectivity index (χ4v) is 2.39. The first kappa shape index (κ1) is 13.8. The first-order chi connectivity index (χ1) is 8.70. The second kappa shape index (κ2) is 6.53. The van der Waals surface area contributed by atoms with Gasteiger partial charge in [0.15, 0.2) is 0 Å². The SMILES string of the molecule is CCOC(=O)C(CCN(C)C1CCC1)NC1CC1. The first-order valence-electron chi connectivity index (χ1n) is 7.33. The molecule has 104 valence electrons. The van der Waals surface area contributed by atoms with Gasteiger partial charge in [-0.3, -0.25) is 4.79 Å². The number of rotatable bonds is 8. The van der Waals surface area contributed by atoms with Crippen molar-refractivity contribution in [2.75, 3.05) is 20.2 Å². The zero-order valence-electron chi connectivity index (χ0n) is 11.7. The highest BCUT2D eigenvalue weighted by molar-refractivity contribution is 5.75. The lowest BCUT2D eigenvalue weighted by atomic mass is 9.91. The number of nitrogens with zero attached hydrogens (tertiary/aromatic N) is 1. The molecule has 0 saturated heterocycles. The molecule has 2 rings (SSSR count). The van der Waals surface area contributed by atoms with E-state index in [-0.39, 0.29) is 12.0 Å². The third kappa shape index (κ3) is 3.95. The molecule has 4 nitrogen and oxygen atoms in total. The van der Waals surface area contributed by atoms with Crippen LogP contribution in [0, 0.1) is 0 Å². The number of hydrogen-bond acceptors (Lipinski definition) is 4. The van der Waals surface area contributed by atoms with Crippen molar-refractivity contribution in [3.8, 4) is 0 Å². The molecule has 0 bridgehead atoms. The highest BCUT2D eigenvalue weighted by Gasteiger charge is 2.30. The standard InChI is InChI=1S/C14H26N2O2/c1-3-18-14(17)13(15-11-7-8-11)9-10-16(2)12-5-4-6-12/h11-13,15H,3-10H2,1-2H3. The molecule has 0 amide bonds. The molecule has 0 aliphatic heterocycles. The molecule has 2 aliphatic carbocycles. The van der Waals surface area contributed by atoms with Gasteiger partial charge in [0.1, 0.15) is 6.04 Å². The summed E-state index contributed by atoms with van der Waals surface area (Å²) in [6.07, 6.45) is 7.26. The zero-order chi connectivity index (χ0) is 13.0. The van der Waals surface area contributed by atoms with Gasteiger partial charge in [0, 0.05) is 18.6 Å². The second-order valence-electron chi connectivity index (χ2n) is 5.60. The Bertz CT molecular complexity index is 275. The molecule has 0 spiro atoms. The Morgan fingerprint density at radius 1 is 1.39 bits per heavy atom. The Labute approximate surface area is 110 Å². The minimum atomic E-state index is -0.111. The molecule has 18 heavy (non-hydrogen) atoms. The molecule has 2 fully saturated rings. The van der Waals surface area contributed by atoms with Crippen molar-refractivity contribution in [2.24, 2.45) is 0 Å². The van der Waals surface area contributed by atoms with E-state index in [0.29, 0.717) is 12.6 Å². The fourth-order valence-electron chi connectivity index (χ4n) is 2.39. The Morgan fingerprint density at radius 3 is 2.61 bits per heavy atom. The van der Waals surface area contributed by atoms with E-state index in [4.69, 9.17) is 4.74 Å². The highest BCUT2D eigenvalue weighted by Crippen LogP contribution is 2.24. The van der Waals surface area contributed by atoms with Crippen LogP contribution in [0.3, 0.4) is 0 Å². The number of esters is 1. The molecule has 0 radical (unpaired) electrons. The van der Waals surface area contributed by atoms with Crippen molar-refractivity contribution >= 4 is 5.97 Å². The minimum Gasteiger partial charge on any atom is -0.465 e. The molecule has 2 aliphatic rings. The van der Waals surface area contributed by atoms with Crippen LogP contribution < -0.4 is 5.32 Å². The molecule has 0 aromatic rings. The zero-order valence-corrected chi connectivity index (χ0v) is 11.7. The summed E-state index contributed by atoms with van der Waals surface area (Å²) in [5.41, 5.74) is 0. The van der Waals surface area contributed by atoms with Crippen LogP contribution in [0.5, 0.6) is 0 Å². The molecule has 0 heterocycles. The molecule has 1 atom stereocenters. The lowest BCUT2D eigenvalue weighted by Crippen LogP contribution is -2.44. The Morgan fingerprint density at radius 2 is 2.11 bits per heavy atom. The summed E-state index contributed by atoms with van der Waals surface area (Å²) in [5.74, 6) is -0.0774. The van der Waals surface area contributed by atoms with Gasteiger partial charge < -0.3 is 15.0 Å². The van der Waals surface area contributed by atoms with E-state index in [1.165, 1.54) is 32.1 Å². The summed E-state index contributed by atoms with van der Waals surface area (Å²) < 4.78 is 5.15. The lowest BCUT2D eigenvalue weighted by Gasteiger charge is -2.35. The Hall–Kier alpha value is -0.610. The summed E-state index contributed by atoms with van der Waals surface area (Å²) >= 11 is 0. The summed E-state index contributed by atoms with van der Waals surface area (Å²) in [6.45, 7) is 3.32. The van der Waals surface area contributed by atoms with Gasteiger partial charge in [0.2, 0.25) is 0 Å². The predicted octanol–water partition coefficient (Wildman–Crippen LogP) is 1.54. The van der Waals surface area contributed by atoms with Crippen LogP contribution in [0.1, 0.15) is 45.4 Å². The topological polar surface area (TPSA) is 41.6 Å². The van der Waals surface area contributed by atoms with Gasteiger partial charge in [0.05, 0.1) is 6.61 Å². The van der Waals surface area contributed by atoms with Crippen LogP contribution in [-0.4, -0.2) is 49.2 Å². The van der Waals surface area contributed by atoms with Gasteiger partial charge in [-0.05, 0) is 46.1 Å². The summed E-state index contributed by atoms with van der Waals surface area (Å²) in [5, 5.41) is 3.40. The van der Waals surface area contributed by atoms with Gasteiger partial charge in [-0.25, -0.2) is 0 Å². The number of carbonyl (C=O) groups excluding carboxylic acids is 1. The van der Waals surface area contributed by atoms with Crippen molar-refractivity contribution in [1.82, 2.24) is 10.2 Å². The van der Waals surface area contributed by atoms with Crippen molar-refractivity contribution in [3.63, 3.8) is 0 Å². The largest absolute Gasteiger partial charge is 0.465 e. The number of hydrogen-bond donors (Lipinski definition) is 1. The summed E-state index contributed by atoms with van der Waals surface area (Å²) in [7, 11) is 2.17. The van der Waals surface area contributed by atoms with E-state index in [9.17, 15) is 4.79 Å². The van der Waals surface area contributed by atoms with Gasteiger partial charge in [-0.1, -0.05) is 6.42 Å². The third-order valence-electron chi connectivity index (χ3n) is 4.05. The minimum absolute atomic E-state index is 0.0774. The van der Waals surface area contributed by atoms with Gasteiger partial charge >= 0.3 is 5.97 Å². The van der Waals surface area contributed by atoms with E-state index in [0.717, 1.165) is 19.0 Å². The van der Waals surface area contributed by atoms with E-state index >= 15 is 0 Å². The third-order valence-corrected chi connectivity index (χ3v) is 4.05. The van der Waals surface area contributed by atoms with Crippen molar-refractivity contribution in [2.45, 2.75) is 63.6 Å². The fraction of sp³-hybridized carbons (Fsp3) is 0.929. The van der Waals surface area contributed by atoms with Crippen LogP contribution in [-0.2, 0) is 9.53 Å². The van der Waals surface area contributed by atoms with Crippen LogP contribution in [0.15, 0.2) is 0 Å². The van der Waals surface area contributed by atoms with Crippen LogP contribution in [0.25, 0.3) is 0 Å². The predicted molar refractivity (Wildman–Crippen MR) is 71.5 cm³/mol. The van der Waals surface area contributed by atoms with E-state index < -0.39 is 0 Å². The monoisotopic (exact) mass is 254 g/mol. The maximum Gasteiger partial charge on any atom is 0.323 e. The van der Waals surface area contributed by atoms with E-state index in [2.05, 4.69) is 17.3 Å². The van der Waals surface area contributed by atoms with Gasteiger partial charge in [0.25, 0.3) is 0 Å². The van der Waals surface area contributed by atoms with Gasteiger partial charge in [-0.15, -0.1) is 0 Å². The van der Waals surface area contributed by atoms with Gasteiger partial charge in [-0.2, -0.15) is 0 Å². The lowest BCUT2D eigenvalue weighted by molar-refractivity contribution is -0.146. The molecular weight excluding hydrogens is 228 g/mol. The van der Waals surface area contributed by atoms with Crippen molar-refractivity contribution in [3.05, 3.63) is 0 Å². The average molecular weight is 254 g/mol. The normalized spacial score (nSPS) is 21.7. The van der Waals surface area contributed by atoms with Crippen molar-refractivity contribution < 1.29 is 9.53 Å². The maximum atomic E-state index is 11.9. The van der Waals surface area contributed by atoms with Crippen LogP contribution >= 0.6 is 0 Å². The molecule has 1 unspecified atom stereocenters. The van der Waals surface area contributed by atoms with Crippen molar-refractivity contribution in [1.29, 1.82) is 0 Å². The van der Waals surface area contributed by atoms with Crippen LogP contribution in [0.4, 0.5) is 0 Å². The smallest absolute Gasteiger partial charge is 0.323 e. The Kier molecular flexibility index (Phi) is 5.01. The van der Waals surface area contributed by atoms with Crippen LogP contribution in [0.2, 0.25) is 0 Å². The molecule has 4 heteroatoms. The molecular formula is C14H26N2O2.